The van der Waals surface area contributed by atoms with Gasteiger partial charge in [-0.3, -0.25) is 10.1 Å². The summed E-state index contributed by atoms with van der Waals surface area (Å²) in [5.74, 6) is 0.648. The number of aliphatic imine (C=N–C) groups is 1. The minimum absolute atomic E-state index is 0.301. The van der Waals surface area contributed by atoms with Crippen molar-refractivity contribution in [3.63, 3.8) is 0 Å². The van der Waals surface area contributed by atoms with E-state index in [4.69, 9.17) is 16.6 Å². The van der Waals surface area contributed by atoms with Crippen molar-refractivity contribution in [2.75, 3.05) is 12.8 Å². The molecule has 0 radical (unpaired) electrons. The molecule has 8 heteroatoms. The molecule has 3 rings (SSSR count). The standard InChI is InChI=1S/C22H31ClN4O2S/c1-3-4-5-6-7-8-11-14-30-22-24-19-18(20(28)25-21(29)26(19)2)27(22)15-16-12-9-10-13-17(16)23/h9-10,12-13,18-19H,3-8,11,14-15H2,1-2H3,(H,25,28,29). The average Bonchev–Trinajstić information content (AvgIpc) is 3.09. The van der Waals surface area contributed by atoms with Crippen molar-refractivity contribution in [3.8, 4) is 0 Å². The first-order valence-electron chi connectivity index (χ1n) is 10.8. The van der Waals surface area contributed by atoms with Gasteiger partial charge in [-0.15, -0.1) is 0 Å². The number of urea groups is 1. The zero-order valence-corrected chi connectivity index (χ0v) is 19.3. The molecule has 2 aliphatic heterocycles. The van der Waals surface area contributed by atoms with Crippen molar-refractivity contribution < 1.29 is 9.59 Å². The van der Waals surface area contributed by atoms with Crippen LogP contribution in [0.2, 0.25) is 5.02 Å². The number of halogens is 1. The maximum absolute atomic E-state index is 12.6. The number of benzene rings is 1. The lowest BCUT2D eigenvalue weighted by atomic mass is 10.1. The zero-order chi connectivity index (χ0) is 21.5. The SMILES string of the molecule is CCCCCCCCCSC1=NC2C(C(=O)NC(=O)N2C)N1Cc1ccccc1Cl. The van der Waals surface area contributed by atoms with Gasteiger partial charge in [0.1, 0.15) is 0 Å². The number of likely N-dealkylation sites (N-methyl/N-ethyl adjacent to an activating group) is 1. The van der Waals surface area contributed by atoms with Gasteiger partial charge in [0.15, 0.2) is 17.4 Å². The lowest BCUT2D eigenvalue weighted by Crippen LogP contribution is -2.63. The second-order valence-corrected chi connectivity index (χ2v) is 9.33. The summed E-state index contributed by atoms with van der Waals surface area (Å²) in [6.45, 7) is 2.72. The number of hydrogen-bond donors (Lipinski definition) is 1. The molecule has 1 aromatic carbocycles. The van der Waals surface area contributed by atoms with E-state index in [1.54, 1.807) is 18.8 Å². The van der Waals surface area contributed by atoms with Crippen LogP contribution < -0.4 is 5.32 Å². The van der Waals surface area contributed by atoms with Crippen molar-refractivity contribution in [2.24, 2.45) is 4.99 Å². The summed E-state index contributed by atoms with van der Waals surface area (Å²) >= 11 is 8.04. The van der Waals surface area contributed by atoms with Crippen molar-refractivity contribution in [2.45, 2.75) is 70.6 Å². The Bertz CT molecular complexity index is 788. The van der Waals surface area contributed by atoms with Crippen LogP contribution in [0.4, 0.5) is 4.79 Å². The Morgan fingerprint density at radius 3 is 2.53 bits per heavy atom. The second kappa shape index (κ2) is 11.0. The summed E-state index contributed by atoms with van der Waals surface area (Å²) in [5, 5.41) is 3.92. The van der Waals surface area contributed by atoms with Crippen LogP contribution in [0.15, 0.2) is 29.3 Å². The van der Waals surface area contributed by atoms with Crippen LogP contribution >= 0.6 is 23.4 Å². The fourth-order valence-electron chi connectivity index (χ4n) is 3.82. The first-order chi connectivity index (χ1) is 14.5. The van der Waals surface area contributed by atoms with Gasteiger partial charge in [-0.2, -0.15) is 0 Å². The van der Waals surface area contributed by atoms with Crippen molar-refractivity contribution in [1.29, 1.82) is 0 Å². The third-order valence-electron chi connectivity index (χ3n) is 5.60. The number of imide groups is 1. The molecule has 2 unspecified atom stereocenters. The number of rotatable bonds is 10. The Hall–Kier alpha value is -1.73. The number of nitrogens with one attached hydrogen (secondary N) is 1. The molecule has 1 saturated heterocycles. The van der Waals surface area contributed by atoms with E-state index in [1.807, 2.05) is 29.2 Å². The van der Waals surface area contributed by atoms with Crippen LogP contribution in [0.1, 0.15) is 57.4 Å². The molecule has 2 atom stereocenters. The third kappa shape index (κ3) is 5.49. The highest BCUT2D eigenvalue weighted by atomic mass is 35.5. The fourth-order valence-corrected chi connectivity index (χ4v) is 5.07. The molecule has 30 heavy (non-hydrogen) atoms. The van der Waals surface area contributed by atoms with Crippen LogP contribution in [-0.4, -0.2) is 51.9 Å². The van der Waals surface area contributed by atoms with E-state index in [-0.39, 0.29) is 5.91 Å². The second-order valence-electron chi connectivity index (χ2n) is 7.86. The first kappa shape index (κ1) is 22.9. The summed E-state index contributed by atoms with van der Waals surface area (Å²) in [6.07, 6.45) is 8.30. The van der Waals surface area contributed by atoms with Crippen molar-refractivity contribution in [1.82, 2.24) is 15.1 Å². The van der Waals surface area contributed by atoms with Gasteiger partial charge < -0.3 is 9.80 Å². The highest BCUT2D eigenvalue weighted by Crippen LogP contribution is 2.31. The first-order valence-corrected chi connectivity index (χ1v) is 12.2. The van der Waals surface area contributed by atoms with Crippen LogP contribution in [0.3, 0.4) is 0 Å². The van der Waals surface area contributed by atoms with Gasteiger partial charge in [0.25, 0.3) is 5.91 Å². The Kier molecular flexibility index (Phi) is 8.45. The van der Waals surface area contributed by atoms with Crippen LogP contribution in [0.5, 0.6) is 0 Å². The zero-order valence-electron chi connectivity index (χ0n) is 17.8. The van der Waals surface area contributed by atoms with Gasteiger partial charge in [-0.05, 0) is 18.1 Å². The maximum Gasteiger partial charge on any atom is 0.325 e. The quantitative estimate of drug-likeness (QED) is 0.516. The predicted molar refractivity (Wildman–Crippen MR) is 124 cm³/mol. The van der Waals surface area contributed by atoms with Crippen molar-refractivity contribution >= 4 is 40.5 Å². The third-order valence-corrected chi connectivity index (χ3v) is 7.06. The lowest BCUT2D eigenvalue weighted by molar-refractivity contribution is -0.127. The average molecular weight is 451 g/mol. The smallest absolute Gasteiger partial charge is 0.325 e. The molecular weight excluding hydrogens is 420 g/mol. The topological polar surface area (TPSA) is 65.0 Å². The minimum Gasteiger partial charge on any atom is -0.331 e. The number of unbranched alkanes of at least 4 members (excludes halogenated alkanes) is 6. The van der Waals surface area contributed by atoms with Crippen LogP contribution in [0, 0.1) is 0 Å². The van der Waals surface area contributed by atoms with E-state index in [9.17, 15) is 9.59 Å². The molecule has 2 aliphatic rings. The van der Waals surface area contributed by atoms with Crippen LogP contribution in [-0.2, 0) is 11.3 Å². The van der Waals surface area contributed by atoms with Crippen LogP contribution in [0.25, 0.3) is 0 Å². The molecule has 0 spiro atoms. The maximum atomic E-state index is 12.6. The lowest BCUT2D eigenvalue weighted by Gasteiger charge is -2.36. The van der Waals surface area contributed by atoms with Gasteiger partial charge in [0.05, 0.1) is 0 Å². The molecule has 3 amide bonds. The monoisotopic (exact) mass is 450 g/mol. The minimum atomic E-state index is -0.527. The van der Waals surface area contributed by atoms with E-state index < -0.39 is 18.2 Å². The summed E-state index contributed by atoms with van der Waals surface area (Å²) in [6, 6.07) is 6.71. The molecule has 1 aromatic rings. The Labute approximate surface area is 188 Å². The highest BCUT2D eigenvalue weighted by Gasteiger charge is 2.48. The number of fused-ring (bicyclic) bond motifs is 1. The molecule has 6 nitrogen and oxygen atoms in total. The number of thioether (sulfide) groups is 1. The molecule has 2 heterocycles. The molecule has 0 bridgehead atoms. The number of amides is 3. The van der Waals surface area contributed by atoms with Crippen molar-refractivity contribution in [3.05, 3.63) is 34.9 Å². The number of carbonyl (C=O) groups excluding carboxylic acids is 2. The molecular formula is C22H31ClN4O2S. The fraction of sp³-hybridized carbons (Fsp3) is 0.591. The largest absolute Gasteiger partial charge is 0.331 e. The van der Waals surface area contributed by atoms with E-state index in [0.717, 1.165) is 22.9 Å². The summed E-state index contributed by atoms with van der Waals surface area (Å²) < 4.78 is 0. The molecule has 0 aliphatic carbocycles. The highest BCUT2D eigenvalue weighted by molar-refractivity contribution is 8.13. The normalized spacial score (nSPS) is 21.0. The van der Waals surface area contributed by atoms with E-state index in [1.165, 1.54) is 43.4 Å². The van der Waals surface area contributed by atoms with E-state index >= 15 is 0 Å². The summed E-state index contributed by atoms with van der Waals surface area (Å²) in [4.78, 5) is 33.0. The van der Waals surface area contributed by atoms with Gasteiger partial charge in [-0.25, -0.2) is 9.79 Å². The Morgan fingerprint density at radius 2 is 1.80 bits per heavy atom. The van der Waals surface area contributed by atoms with Gasteiger partial charge in [-0.1, -0.05) is 87.0 Å². The summed E-state index contributed by atoms with van der Waals surface area (Å²) in [7, 11) is 1.68. The Morgan fingerprint density at radius 1 is 1.10 bits per heavy atom. The Balaban J connectivity index is 1.64. The number of nitrogens with zero attached hydrogens (tertiary/aromatic N) is 3. The molecule has 1 fully saturated rings. The summed E-state index contributed by atoms with van der Waals surface area (Å²) in [5.41, 5.74) is 0.941. The molecule has 0 saturated carbocycles. The molecule has 0 aromatic heterocycles. The number of hydrogen-bond acceptors (Lipinski definition) is 5. The van der Waals surface area contributed by atoms with Gasteiger partial charge >= 0.3 is 6.03 Å². The van der Waals surface area contributed by atoms with E-state index in [2.05, 4.69) is 12.2 Å². The number of carbonyl (C=O) groups is 2. The predicted octanol–water partition coefficient (Wildman–Crippen LogP) is 4.87. The number of amidine groups is 1. The van der Waals surface area contributed by atoms with Gasteiger partial charge in [0.2, 0.25) is 0 Å². The molecule has 164 valence electrons. The van der Waals surface area contributed by atoms with Gasteiger partial charge in [0, 0.05) is 24.4 Å². The van der Waals surface area contributed by atoms with E-state index in [0.29, 0.717) is 11.6 Å². The molecule has 1 N–H and O–H groups in total.